The van der Waals surface area contributed by atoms with E-state index in [1.165, 1.54) is 12.1 Å². The highest BCUT2D eigenvalue weighted by atomic mass is 19.1. The van der Waals surface area contributed by atoms with Gasteiger partial charge in [0.05, 0.1) is 12.3 Å². The first-order valence-corrected chi connectivity index (χ1v) is 6.70. The molecule has 1 fully saturated rings. The monoisotopic (exact) mass is 309 g/mol. The molecule has 0 aromatic heterocycles. The molecule has 118 valence electrons. The maximum atomic E-state index is 14.1. The number of hydrogen-bond donors (Lipinski definition) is 1. The molecule has 1 aliphatic rings. The van der Waals surface area contributed by atoms with E-state index in [9.17, 15) is 18.8 Å². The third-order valence-corrected chi connectivity index (χ3v) is 2.89. The molecule has 1 atom stereocenters. The Balaban J connectivity index is 2.12. The number of carbonyl (C=O) groups is 3. The Labute approximate surface area is 126 Å². The Bertz CT molecular complexity index is 635. The number of rotatable bonds is 2. The highest BCUT2D eigenvalue weighted by Gasteiger charge is 2.36. The molecule has 1 aromatic rings. The lowest BCUT2D eigenvalue weighted by atomic mass is 9.97. The van der Waals surface area contributed by atoms with Gasteiger partial charge >= 0.3 is 18.0 Å². The van der Waals surface area contributed by atoms with Gasteiger partial charge in [-0.2, -0.15) is 0 Å². The SMILES string of the molecule is CC(C)(C)OC(=O)Nc1ccc(C2CC(=O)OC2=O)c(F)c1. The highest BCUT2D eigenvalue weighted by molar-refractivity contribution is 5.98. The van der Waals surface area contributed by atoms with Crippen LogP contribution in [-0.4, -0.2) is 23.6 Å². The molecule has 1 aliphatic heterocycles. The van der Waals surface area contributed by atoms with Crippen LogP contribution in [0.25, 0.3) is 0 Å². The predicted octanol–water partition coefficient (Wildman–Crippen LogP) is 2.73. The van der Waals surface area contributed by atoms with E-state index in [-0.39, 0.29) is 17.7 Å². The van der Waals surface area contributed by atoms with Gasteiger partial charge in [-0.05, 0) is 32.9 Å². The number of anilines is 1. The van der Waals surface area contributed by atoms with Crippen molar-refractivity contribution in [3.05, 3.63) is 29.6 Å². The van der Waals surface area contributed by atoms with Crippen molar-refractivity contribution in [3.63, 3.8) is 0 Å². The lowest BCUT2D eigenvalue weighted by Gasteiger charge is -2.19. The lowest BCUT2D eigenvalue weighted by molar-refractivity contribution is -0.152. The van der Waals surface area contributed by atoms with Crippen LogP contribution in [0, 0.1) is 5.82 Å². The fourth-order valence-corrected chi connectivity index (χ4v) is 2.02. The van der Waals surface area contributed by atoms with Crippen LogP contribution in [0.15, 0.2) is 18.2 Å². The molecular weight excluding hydrogens is 293 g/mol. The normalized spacial score (nSPS) is 18.1. The summed E-state index contributed by atoms with van der Waals surface area (Å²) in [5.41, 5.74) is -0.421. The minimum atomic E-state index is -0.942. The molecule has 1 amide bonds. The van der Waals surface area contributed by atoms with Crippen LogP contribution in [0.2, 0.25) is 0 Å². The third-order valence-electron chi connectivity index (χ3n) is 2.89. The van der Waals surface area contributed by atoms with Gasteiger partial charge in [0, 0.05) is 11.3 Å². The van der Waals surface area contributed by atoms with E-state index in [2.05, 4.69) is 10.1 Å². The Morgan fingerprint density at radius 2 is 2.05 bits per heavy atom. The second kappa shape index (κ2) is 5.75. The van der Waals surface area contributed by atoms with E-state index in [0.29, 0.717) is 0 Å². The average molecular weight is 309 g/mol. The Hall–Kier alpha value is -2.44. The van der Waals surface area contributed by atoms with Crippen LogP contribution in [-0.2, 0) is 19.1 Å². The number of esters is 2. The van der Waals surface area contributed by atoms with Crippen molar-refractivity contribution in [1.29, 1.82) is 0 Å². The molecule has 1 heterocycles. The van der Waals surface area contributed by atoms with Crippen molar-refractivity contribution < 1.29 is 28.2 Å². The second-order valence-electron chi connectivity index (χ2n) is 5.91. The zero-order chi connectivity index (χ0) is 16.5. The van der Waals surface area contributed by atoms with Crippen LogP contribution in [0.1, 0.15) is 38.7 Å². The fraction of sp³-hybridized carbons (Fsp3) is 0.400. The van der Waals surface area contributed by atoms with Crippen LogP contribution in [0.4, 0.5) is 14.9 Å². The molecule has 7 heteroatoms. The molecule has 1 saturated heterocycles. The summed E-state index contributed by atoms with van der Waals surface area (Å²) in [5, 5.41) is 2.39. The smallest absolute Gasteiger partial charge is 0.412 e. The largest absolute Gasteiger partial charge is 0.444 e. The molecule has 2 rings (SSSR count). The number of amides is 1. The average Bonchev–Trinajstić information content (AvgIpc) is 2.66. The van der Waals surface area contributed by atoms with Crippen LogP contribution < -0.4 is 5.32 Å². The third kappa shape index (κ3) is 3.81. The second-order valence-corrected chi connectivity index (χ2v) is 5.91. The van der Waals surface area contributed by atoms with Gasteiger partial charge in [-0.15, -0.1) is 0 Å². The van der Waals surface area contributed by atoms with Gasteiger partial charge in [-0.1, -0.05) is 6.07 Å². The molecular formula is C15H16FNO5. The van der Waals surface area contributed by atoms with Crippen molar-refractivity contribution in [1.82, 2.24) is 0 Å². The van der Waals surface area contributed by atoms with Gasteiger partial charge in [0.1, 0.15) is 11.4 Å². The van der Waals surface area contributed by atoms with Crippen molar-refractivity contribution in [2.24, 2.45) is 0 Å². The van der Waals surface area contributed by atoms with Gasteiger partial charge in [-0.25, -0.2) is 9.18 Å². The number of cyclic esters (lactones) is 2. The van der Waals surface area contributed by atoms with E-state index in [4.69, 9.17) is 4.74 Å². The van der Waals surface area contributed by atoms with Crippen LogP contribution in [0.5, 0.6) is 0 Å². The van der Waals surface area contributed by atoms with Gasteiger partial charge < -0.3 is 9.47 Å². The van der Waals surface area contributed by atoms with E-state index < -0.39 is 35.4 Å². The summed E-state index contributed by atoms with van der Waals surface area (Å²) < 4.78 is 23.5. The highest BCUT2D eigenvalue weighted by Crippen LogP contribution is 2.30. The van der Waals surface area contributed by atoms with Crippen molar-refractivity contribution in [3.8, 4) is 0 Å². The predicted molar refractivity (Wildman–Crippen MR) is 74.7 cm³/mol. The van der Waals surface area contributed by atoms with E-state index in [0.717, 1.165) is 6.07 Å². The summed E-state index contributed by atoms with van der Waals surface area (Å²) in [7, 11) is 0. The number of halogens is 1. The van der Waals surface area contributed by atoms with Gasteiger partial charge in [0.2, 0.25) is 0 Å². The maximum absolute atomic E-state index is 14.1. The fourth-order valence-electron chi connectivity index (χ4n) is 2.02. The number of hydrogen-bond acceptors (Lipinski definition) is 5. The standard InChI is InChI=1S/C15H16FNO5/c1-15(2,3)22-14(20)17-8-4-5-9(11(16)6-8)10-7-12(18)21-13(10)19/h4-6,10H,7H2,1-3H3,(H,17,20). The van der Waals surface area contributed by atoms with Crippen LogP contribution >= 0.6 is 0 Å². The summed E-state index contributed by atoms with van der Waals surface area (Å²) in [6.07, 6.45) is -0.899. The lowest BCUT2D eigenvalue weighted by Crippen LogP contribution is -2.27. The first-order chi connectivity index (χ1) is 10.2. The van der Waals surface area contributed by atoms with E-state index in [1.807, 2.05) is 0 Å². The van der Waals surface area contributed by atoms with E-state index >= 15 is 0 Å². The summed E-state index contributed by atoms with van der Waals surface area (Å²) in [4.78, 5) is 34.1. The molecule has 1 aromatic carbocycles. The molecule has 0 saturated carbocycles. The molecule has 0 aliphatic carbocycles. The molecule has 1 unspecified atom stereocenters. The summed E-state index contributed by atoms with van der Waals surface area (Å²) in [5.74, 6) is -3.09. The quantitative estimate of drug-likeness (QED) is 0.671. The molecule has 1 N–H and O–H groups in total. The first-order valence-electron chi connectivity index (χ1n) is 6.70. The summed E-state index contributed by atoms with van der Waals surface area (Å²) in [6, 6.07) is 3.83. The minimum Gasteiger partial charge on any atom is -0.444 e. The molecule has 6 nitrogen and oxygen atoms in total. The summed E-state index contributed by atoms with van der Waals surface area (Å²) >= 11 is 0. The number of nitrogens with one attached hydrogen (secondary N) is 1. The topological polar surface area (TPSA) is 81.7 Å². The molecule has 0 radical (unpaired) electrons. The molecule has 22 heavy (non-hydrogen) atoms. The minimum absolute atomic E-state index is 0.0607. The number of benzene rings is 1. The summed E-state index contributed by atoms with van der Waals surface area (Å²) in [6.45, 7) is 5.12. The maximum Gasteiger partial charge on any atom is 0.412 e. The van der Waals surface area contributed by atoms with E-state index in [1.54, 1.807) is 20.8 Å². The van der Waals surface area contributed by atoms with Gasteiger partial charge in [0.15, 0.2) is 0 Å². The molecule has 0 spiro atoms. The van der Waals surface area contributed by atoms with Crippen molar-refractivity contribution >= 4 is 23.7 Å². The Kier molecular flexibility index (Phi) is 4.16. The van der Waals surface area contributed by atoms with Crippen molar-refractivity contribution in [2.75, 3.05) is 5.32 Å². The number of ether oxygens (including phenoxy) is 2. The van der Waals surface area contributed by atoms with Gasteiger partial charge in [0.25, 0.3) is 0 Å². The Morgan fingerprint density at radius 3 is 2.55 bits per heavy atom. The molecule has 0 bridgehead atoms. The van der Waals surface area contributed by atoms with Gasteiger partial charge in [-0.3, -0.25) is 14.9 Å². The Morgan fingerprint density at radius 1 is 1.36 bits per heavy atom. The zero-order valence-electron chi connectivity index (χ0n) is 12.4. The zero-order valence-corrected chi connectivity index (χ0v) is 12.4. The number of carbonyl (C=O) groups excluding carboxylic acids is 3. The van der Waals surface area contributed by atoms with Crippen molar-refractivity contribution in [2.45, 2.75) is 38.7 Å². The first kappa shape index (κ1) is 15.9. The van der Waals surface area contributed by atoms with Crippen LogP contribution in [0.3, 0.4) is 0 Å².